The molecular weight excluding hydrogens is 302 g/mol. The molecule has 3 rings (SSSR count). The number of piperidine rings is 1. The SMILES string of the molecule is Cl.O=C([C@@H]1CCCCN1)N1CCN(c2ccccc2O)CC1. The van der Waals surface area contributed by atoms with E-state index in [4.69, 9.17) is 0 Å². The van der Waals surface area contributed by atoms with Gasteiger partial charge >= 0.3 is 0 Å². The molecule has 2 aliphatic heterocycles. The zero-order chi connectivity index (χ0) is 14.7. The average molecular weight is 326 g/mol. The van der Waals surface area contributed by atoms with Gasteiger partial charge in [0.1, 0.15) is 5.75 Å². The van der Waals surface area contributed by atoms with Gasteiger partial charge in [0.15, 0.2) is 0 Å². The Morgan fingerprint density at radius 3 is 2.50 bits per heavy atom. The minimum Gasteiger partial charge on any atom is -0.506 e. The van der Waals surface area contributed by atoms with Gasteiger partial charge in [-0.15, -0.1) is 12.4 Å². The van der Waals surface area contributed by atoms with Crippen molar-refractivity contribution in [1.82, 2.24) is 10.2 Å². The first kappa shape index (κ1) is 16.9. The van der Waals surface area contributed by atoms with E-state index in [0.29, 0.717) is 5.75 Å². The summed E-state index contributed by atoms with van der Waals surface area (Å²) in [6.07, 6.45) is 3.27. The number of carbonyl (C=O) groups excluding carboxylic acids is 1. The number of nitrogens with zero attached hydrogens (tertiary/aromatic N) is 2. The monoisotopic (exact) mass is 325 g/mol. The third-order valence-electron chi connectivity index (χ3n) is 4.42. The Kier molecular flexibility index (Phi) is 5.91. The second-order valence-electron chi connectivity index (χ2n) is 5.80. The molecule has 1 amide bonds. The summed E-state index contributed by atoms with van der Waals surface area (Å²) < 4.78 is 0. The molecule has 0 radical (unpaired) electrons. The van der Waals surface area contributed by atoms with E-state index >= 15 is 0 Å². The Labute approximate surface area is 137 Å². The smallest absolute Gasteiger partial charge is 0.239 e. The molecule has 5 nitrogen and oxygen atoms in total. The molecule has 0 aromatic heterocycles. The highest BCUT2D eigenvalue weighted by Crippen LogP contribution is 2.27. The van der Waals surface area contributed by atoms with Gasteiger partial charge in [-0.05, 0) is 31.5 Å². The van der Waals surface area contributed by atoms with Crippen molar-refractivity contribution in [3.8, 4) is 5.75 Å². The van der Waals surface area contributed by atoms with Gasteiger partial charge in [-0.25, -0.2) is 0 Å². The molecule has 1 atom stereocenters. The van der Waals surface area contributed by atoms with Gasteiger partial charge in [-0.1, -0.05) is 18.6 Å². The standard InChI is InChI=1S/C16H23N3O2.ClH/c20-15-7-2-1-6-14(15)18-9-11-19(12-10-18)16(21)13-5-3-4-8-17-13;/h1-2,6-7,13,17,20H,3-5,8-12H2;1H/t13-;/m0./s1. The number of benzene rings is 1. The second-order valence-corrected chi connectivity index (χ2v) is 5.80. The predicted molar refractivity (Wildman–Crippen MR) is 89.8 cm³/mol. The summed E-state index contributed by atoms with van der Waals surface area (Å²) in [4.78, 5) is 16.6. The van der Waals surface area contributed by atoms with Crippen molar-refractivity contribution in [3.05, 3.63) is 24.3 Å². The van der Waals surface area contributed by atoms with Crippen LogP contribution in [0.2, 0.25) is 0 Å². The number of aromatic hydroxyl groups is 1. The van der Waals surface area contributed by atoms with E-state index in [0.717, 1.165) is 51.3 Å². The van der Waals surface area contributed by atoms with Crippen LogP contribution in [0.3, 0.4) is 0 Å². The van der Waals surface area contributed by atoms with E-state index in [-0.39, 0.29) is 24.4 Å². The van der Waals surface area contributed by atoms with Gasteiger partial charge in [0.25, 0.3) is 0 Å². The quantitative estimate of drug-likeness (QED) is 0.867. The fraction of sp³-hybridized carbons (Fsp3) is 0.562. The minimum atomic E-state index is 0. The Bertz CT molecular complexity index is 498. The van der Waals surface area contributed by atoms with Crippen molar-refractivity contribution in [2.45, 2.75) is 25.3 Å². The van der Waals surface area contributed by atoms with Gasteiger partial charge in [0, 0.05) is 26.2 Å². The van der Waals surface area contributed by atoms with Crippen LogP contribution in [-0.4, -0.2) is 54.7 Å². The van der Waals surface area contributed by atoms with E-state index in [1.54, 1.807) is 6.07 Å². The maximum Gasteiger partial charge on any atom is 0.239 e. The normalized spacial score (nSPS) is 22.1. The summed E-state index contributed by atoms with van der Waals surface area (Å²) >= 11 is 0. The minimum absolute atomic E-state index is 0. The number of anilines is 1. The lowest BCUT2D eigenvalue weighted by Gasteiger charge is -2.38. The van der Waals surface area contributed by atoms with Crippen molar-refractivity contribution in [2.24, 2.45) is 0 Å². The van der Waals surface area contributed by atoms with Crippen molar-refractivity contribution < 1.29 is 9.90 Å². The first-order chi connectivity index (χ1) is 10.3. The number of amides is 1. The lowest BCUT2D eigenvalue weighted by atomic mass is 10.0. The summed E-state index contributed by atoms with van der Waals surface area (Å²) in [6.45, 7) is 3.96. The number of para-hydroxylation sites is 2. The maximum atomic E-state index is 12.5. The highest BCUT2D eigenvalue weighted by Gasteiger charge is 2.28. The molecule has 22 heavy (non-hydrogen) atoms. The van der Waals surface area contributed by atoms with Crippen LogP contribution >= 0.6 is 12.4 Å². The van der Waals surface area contributed by atoms with Crippen molar-refractivity contribution >= 4 is 24.0 Å². The zero-order valence-electron chi connectivity index (χ0n) is 12.7. The largest absolute Gasteiger partial charge is 0.506 e. The second kappa shape index (κ2) is 7.70. The third-order valence-corrected chi connectivity index (χ3v) is 4.42. The molecule has 0 aliphatic carbocycles. The van der Waals surface area contributed by atoms with Crippen LogP contribution in [0, 0.1) is 0 Å². The number of nitrogens with one attached hydrogen (secondary N) is 1. The summed E-state index contributed by atoms with van der Waals surface area (Å²) in [6, 6.07) is 7.40. The summed E-state index contributed by atoms with van der Waals surface area (Å²) in [7, 11) is 0. The zero-order valence-corrected chi connectivity index (χ0v) is 13.5. The van der Waals surface area contributed by atoms with Gasteiger partial charge in [0.05, 0.1) is 11.7 Å². The predicted octanol–water partition coefficient (Wildman–Crippen LogP) is 1.60. The van der Waals surface area contributed by atoms with Gasteiger partial charge in [0.2, 0.25) is 5.91 Å². The first-order valence-electron chi connectivity index (χ1n) is 7.81. The Hall–Kier alpha value is -1.46. The molecule has 2 aliphatic rings. The number of carbonyl (C=O) groups is 1. The van der Waals surface area contributed by atoms with Gasteiger partial charge in [-0.3, -0.25) is 4.79 Å². The molecule has 0 saturated carbocycles. The van der Waals surface area contributed by atoms with Crippen LogP contribution in [0.4, 0.5) is 5.69 Å². The van der Waals surface area contributed by atoms with Crippen LogP contribution in [0.1, 0.15) is 19.3 Å². The molecule has 2 N–H and O–H groups in total. The fourth-order valence-electron chi connectivity index (χ4n) is 3.18. The summed E-state index contributed by atoms with van der Waals surface area (Å²) in [5, 5.41) is 13.2. The number of halogens is 1. The molecule has 6 heteroatoms. The number of piperazine rings is 1. The van der Waals surface area contributed by atoms with E-state index in [1.165, 1.54) is 6.42 Å². The van der Waals surface area contributed by atoms with Crippen molar-refractivity contribution in [1.29, 1.82) is 0 Å². The topological polar surface area (TPSA) is 55.8 Å². The Balaban J connectivity index is 0.00000176. The number of phenolic OH excluding ortho intramolecular Hbond substituents is 1. The molecular formula is C16H24ClN3O2. The number of hydrogen-bond acceptors (Lipinski definition) is 4. The van der Waals surface area contributed by atoms with Gasteiger partial charge in [-0.2, -0.15) is 0 Å². The number of phenols is 1. The summed E-state index contributed by atoms with van der Waals surface area (Å²) in [5.74, 6) is 0.554. The van der Waals surface area contributed by atoms with Crippen molar-refractivity contribution in [3.63, 3.8) is 0 Å². The molecule has 2 saturated heterocycles. The van der Waals surface area contributed by atoms with E-state index in [1.807, 2.05) is 23.1 Å². The highest BCUT2D eigenvalue weighted by molar-refractivity contribution is 5.85. The van der Waals surface area contributed by atoms with Gasteiger partial charge < -0.3 is 20.2 Å². The molecule has 0 unspecified atom stereocenters. The average Bonchev–Trinajstić information content (AvgIpc) is 2.56. The van der Waals surface area contributed by atoms with E-state index < -0.39 is 0 Å². The lowest BCUT2D eigenvalue weighted by molar-refractivity contribution is -0.134. The lowest BCUT2D eigenvalue weighted by Crippen LogP contribution is -2.55. The molecule has 2 fully saturated rings. The van der Waals surface area contributed by atoms with Crippen LogP contribution in [-0.2, 0) is 4.79 Å². The molecule has 2 heterocycles. The Morgan fingerprint density at radius 2 is 1.86 bits per heavy atom. The Morgan fingerprint density at radius 1 is 1.14 bits per heavy atom. The molecule has 1 aromatic rings. The summed E-state index contributed by atoms with van der Waals surface area (Å²) in [5.41, 5.74) is 0.861. The van der Waals surface area contributed by atoms with Crippen LogP contribution in [0.5, 0.6) is 5.75 Å². The maximum absolute atomic E-state index is 12.5. The molecule has 122 valence electrons. The molecule has 0 spiro atoms. The van der Waals surface area contributed by atoms with E-state index in [9.17, 15) is 9.90 Å². The van der Waals surface area contributed by atoms with E-state index in [2.05, 4.69) is 10.2 Å². The van der Waals surface area contributed by atoms with Crippen LogP contribution in [0.15, 0.2) is 24.3 Å². The first-order valence-corrected chi connectivity index (χ1v) is 7.81. The number of hydrogen-bond donors (Lipinski definition) is 2. The van der Waals surface area contributed by atoms with Crippen LogP contribution in [0.25, 0.3) is 0 Å². The third kappa shape index (κ3) is 3.65. The van der Waals surface area contributed by atoms with Crippen LogP contribution < -0.4 is 10.2 Å². The fourth-order valence-corrected chi connectivity index (χ4v) is 3.18. The molecule has 1 aromatic carbocycles. The number of rotatable bonds is 2. The molecule has 0 bridgehead atoms. The highest BCUT2D eigenvalue weighted by atomic mass is 35.5. The van der Waals surface area contributed by atoms with Crippen molar-refractivity contribution in [2.75, 3.05) is 37.6 Å².